The maximum atomic E-state index is 13.5. The third-order valence-corrected chi connectivity index (χ3v) is 2.08. The molecule has 0 bridgehead atoms. The van der Waals surface area contributed by atoms with Crippen LogP contribution in [0.3, 0.4) is 0 Å². The lowest BCUT2D eigenvalue weighted by Gasteiger charge is -2.15. The first-order valence-corrected chi connectivity index (χ1v) is 4.25. The zero-order valence-electron chi connectivity index (χ0n) is 7.79. The standard InChI is InChI=1S/C10H14FNO/c1-7(12-2)10(11)8-4-3-5-9(13)6-8/h3-7,10,12-13H,1-2H3. The second-order valence-electron chi connectivity index (χ2n) is 3.07. The lowest BCUT2D eigenvalue weighted by molar-refractivity contribution is 0.274. The Balaban J connectivity index is 2.82. The van der Waals surface area contributed by atoms with E-state index >= 15 is 0 Å². The van der Waals surface area contributed by atoms with Gasteiger partial charge in [0.15, 0.2) is 0 Å². The van der Waals surface area contributed by atoms with E-state index in [-0.39, 0.29) is 11.8 Å². The molecule has 2 atom stereocenters. The minimum absolute atomic E-state index is 0.100. The summed E-state index contributed by atoms with van der Waals surface area (Å²) in [6.07, 6.45) is -1.09. The number of hydrogen-bond acceptors (Lipinski definition) is 2. The molecule has 72 valence electrons. The third-order valence-electron chi connectivity index (χ3n) is 2.08. The fourth-order valence-corrected chi connectivity index (χ4v) is 1.13. The molecule has 2 N–H and O–H groups in total. The molecule has 2 unspecified atom stereocenters. The number of phenolic OH excluding ortho intramolecular Hbond substituents is 1. The molecule has 0 aliphatic rings. The summed E-state index contributed by atoms with van der Waals surface area (Å²) in [7, 11) is 1.71. The van der Waals surface area contributed by atoms with Crippen molar-refractivity contribution in [2.75, 3.05) is 7.05 Å². The monoisotopic (exact) mass is 183 g/mol. The Kier molecular flexibility index (Phi) is 3.25. The summed E-state index contributed by atoms with van der Waals surface area (Å²) in [6, 6.07) is 6.03. The molecule has 0 aliphatic heterocycles. The summed E-state index contributed by atoms with van der Waals surface area (Å²) >= 11 is 0. The van der Waals surface area contributed by atoms with Gasteiger partial charge in [0, 0.05) is 6.04 Å². The molecule has 1 rings (SSSR count). The molecule has 1 aromatic carbocycles. The van der Waals surface area contributed by atoms with Gasteiger partial charge in [-0.2, -0.15) is 0 Å². The van der Waals surface area contributed by atoms with Crippen LogP contribution in [0.2, 0.25) is 0 Å². The number of phenols is 1. The Morgan fingerprint density at radius 1 is 1.46 bits per heavy atom. The van der Waals surface area contributed by atoms with E-state index in [9.17, 15) is 4.39 Å². The molecule has 0 aliphatic carbocycles. The Labute approximate surface area is 77.4 Å². The quantitative estimate of drug-likeness (QED) is 0.751. The predicted octanol–water partition coefficient (Wildman–Crippen LogP) is 2.01. The van der Waals surface area contributed by atoms with Crippen molar-refractivity contribution in [3.8, 4) is 5.75 Å². The zero-order valence-corrected chi connectivity index (χ0v) is 7.79. The van der Waals surface area contributed by atoms with E-state index < -0.39 is 6.17 Å². The van der Waals surface area contributed by atoms with Gasteiger partial charge in [0.2, 0.25) is 0 Å². The highest BCUT2D eigenvalue weighted by Gasteiger charge is 2.16. The molecule has 0 fully saturated rings. The van der Waals surface area contributed by atoms with Gasteiger partial charge in [-0.15, -0.1) is 0 Å². The number of aromatic hydroxyl groups is 1. The summed E-state index contributed by atoms with van der Waals surface area (Å²) in [6.45, 7) is 1.76. The van der Waals surface area contributed by atoms with E-state index in [0.717, 1.165) is 0 Å². The number of nitrogens with one attached hydrogen (secondary N) is 1. The topological polar surface area (TPSA) is 32.3 Å². The van der Waals surface area contributed by atoms with Crippen LogP contribution in [0.4, 0.5) is 4.39 Å². The SMILES string of the molecule is CNC(C)C(F)c1cccc(O)c1. The lowest BCUT2D eigenvalue weighted by Crippen LogP contribution is -2.26. The second-order valence-corrected chi connectivity index (χ2v) is 3.07. The Morgan fingerprint density at radius 3 is 2.69 bits per heavy atom. The van der Waals surface area contributed by atoms with Crippen molar-refractivity contribution < 1.29 is 9.50 Å². The number of benzene rings is 1. The van der Waals surface area contributed by atoms with Crippen molar-refractivity contribution >= 4 is 0 Å². The minimum atomic E-state index is -1.09. The first kappa shape index (κ1) is 9.99. The third kappa shape index (κ3) is 2.42. The summed E-state index contributed by atoms with van der Waals surface area (Å²) in [5.74, 6) is 0.100. The first-order valence-electron chi connectivity index (χ1n) is 4.25. The van der Waals surface area contributed by atoms with E-state index in [0.29, 0.717) is 5.56 Å². The van der Waals surface area contributed by atoms with Crippen LogP contribution < -0.4 is 5.32 Å². The van der Waals surface area contributed by atoms with Crippen molar-refractivity contribution in [2.24, 2.45) is 0 Å². The molecule has 0 aromatic heterocycles. The maximum Gasteiger partial charge on any atom is 0.140 e. The molecule has 0 spiro atoms. The fraction of sp³-hybridized carbons (Fsp3) is 0.400. The van der Waals surface area contributed by atoms with Crippen molar-refractivity contribution in [3.05, 3.63) is 29.8 Å². The summed E-state index contributed by atoms with van der Waals surface area (Å²) in [4.78, 5) is 0. The van der Waals surface area contributed by atoms with E-state index in [2.05, 4.69) is 5.32 Å². The van der Waals surface area contributed by atoms with Crippen LogP contribution in [0.1, 0.15) is 18.7 Å². The largest absolute Gasteiger partial charge is 0.508 e. The fourth-order valence-electron chi connectivity index (χ4n) is 1.13. The molecule has 3 heteroatoms. The Morgan fingerprint density at radius 2 is 2.15 bits per heavy atom. The van der Waals surface area contributed by atoms with Gasteiger partial charge in [0.1, 0.15) is 11.9 Å². The van der Waals surface area contributed by atoms with Gasteiger partial charge < -0.3 is 10.4 Å². The van der Waals surface area contributed by atoms with Gasteiger partial charge in [0.25, 0.3) is 0 Å². The molecule has 0 amide bonds. The molecule has 0 heterocycles. The molecule has 2 nitrogen and oxygen atoms in total. The Hall–Kier alpha value is -1.09. The molecule has 0 radical (unpaired) electrons. The van der Waals surface area contributed by atoms with Crippen LogP contribution in [-0.2, 0) is 0 Å². The zero-order chi connectivity index (χ0) is 9.84. The highest BCUT2D eigenvalue weighted by atomic mass is 19.1. The molecule has 13 heavy (non-hydrogen) atoms. The van der Waals surface area contributed by atoms with Crippen molar-refractivity contribution in [2.45, 2.75) is 19.1 Å². The van der Waals surface area contributed by atoms with Gasteiger partial charge in [-0.3, -0.25) is 0 Å². The number of alkyl halides is 1. The van der Waals surface area contributed by atoms with E-state index in [1.54, 1.807) is 26.1 Å². The normalized spacial score (nSPS) is 15.3. The van der Waals surface area contributed by atoms with Crippen LogP contribution in [0.15, 0.2) is 24.3 Å². The molecular weight excluding hydrogens is 169 g/mol. The van der Waals surface area contributed by atoms with E-state index in [1.165, 1.54) is 12.1 Å². The molecular formula is C10H14FNO. The van der Waals surface area contributed by atoms with Crippen molar-refractivity contribution in [1.82, 2.24) is 5.32 Å². The molecule has 0 saturated carbocycles. The van der Waals surface area contributed by atoms with Crippen LogP contribution >= 0.6 is 0 Å². The van der Waals surface area contributed by atoms with Gasteiger partial charge in [-0.1, -0.05) is 12.1 Å². The van der Waals surface area contributed by atoms with Crippen LogP contribution in [0.5, 0.6) is 5.75 Å². The molecule has 0 saturated heterocycles. The second kappa shape index (κ2) is 4.23. The van der Waals surface area contributed by atoms with Crippen LogP contribution in [-0.4, -0.2) is 18.2 Å². The van der Waals surface area contributed by atoms with Gasteiger partial charge in [-0.05, 0) is 31.7 Å². The highest BCUT2D eigenvalue weighted by Crippen LogP contribution is 2.23. The Bertz CT molecular complexity index is 277. The number of likely N-dealkylation sites (N-methyl/N-ethyl adjacent to an activating group) is 1. The maximum absolute atomic E-state index is 13.5. The van der Waals surface area contributed by atoms with Gasteiger partial charge in [0.05, 0.1) is 0 Å². The van der Waals surface area contributed by atoms with Crippen molar-refractivity contribution in [1.29, 1.82) is 0 Å². The average molecular weight is 183 g/mol. The van der Waals surface area contributed by atoms with Crippen molar-refractivity contribution in [3.63, 3.8) is 0 Å². The summed E-state index contributed by atoms with van der Waals surface area (Å²) < 4.78 is 13.5. The summed E-state index contributed by atoms with van der Waals surface area (Å²) in [5.41, 5.74) is 0.502. The average Bonchev–Trinajstić information content (AvgIpc) is 2.15. The van der Waals surface area contributed by atoms with Crippen LogP contribution in [0, 0.1) is 0 Å². The number of hydrogen-bond donors (Lipinski definition) is 2. The van der Waals surface area contributed by atoms with Crippen LogP contribution in [0.25, 0.3) is 0 Å². The smallest absolute Gasteiger partial charge is 0.140 e. The van der Waals surface area contributed by atoms with Gasteiger partial charge in [-0.25, -0.2) is 4.39 Å². The predicted molar refractivity (Wildman–Crippen MR) is 50.5 cm³/mol. The van der Waals surface area contributed by atoms with E-state index in [1.807, 2.05) is 0 Å². The highest BCUT2D eigenvalue weighted by molar-refractivity contribution is 5.29. The number of halogens is 1. The molecule has 1 aromatic rings. The van der Waals surface area contributed by atoms with Gasteiger partial charge >= 0.3 is 0 Å². The first-order chi connectivity index (χ1) is 6.15. The summed E-state index contributed by atoms with van der Waals surface area (Å²) in [5, 5.41) is 12.0. The van der Waals surface area contributed by atoms with E-state index in [4.69, 9.17) is 5.11 Å². The minimum Gasteiger partial charge on any atom is -0.508 e. The lowest BCUT2D eigenvalue weighted by atomic mass is 10.1. The number of rotatable bonds is 3.